The second-order valence-electron chi connectivity index (χ2n) is 6.23. The average Bonchev–Trinajstić information content (AvgIpc) is 2.60. The monoisotopic (exact) mass is 411 g/mol. The zero-order valence-electron chi connectivity index (χ0n) is 14.7. The van der Waals surface area contributed by atoms with Gasteiger partial charge in [0.15, 0.2) is 0 Å². The first-order valence-corrected chi connectivity index (χ1v) is 10.1. The number of benzene rings is 2. The largest absolute Gasteiger partial charge is 0.485 e. The highest BCUT2D eigenvalue weighted by Gasteiger charge is 2.29. The number of primary sulfonamides is 1. The van der Waals surface area contributed by atoms with Crippen LogP contribution < -0.4 is 14.6 Å². The third-order valence-electron chi connectivity index (χ3n) is 4.20. The van der Waals surface area contributed by atoms with Crippen molar-refractivity contribution in [3.05, 3.63) is 59.7 Å². The van der Waals surface area contributed by atoms with Gasteiger partial charge in [0.2, 0.25) is 10.0 Å². The minimum Gasteiger partial charge on any atom is -0.485 e. The van der Waals surface area contributed by atoms with E-state index in [4.69, 9.17) is 15.0 Å². The number of hydrogen-bond donors (Lipinski definition) is 2. The van der Waals surface area contributed by atoms with E-state index >= 15 is 0 Å². The smallest absolute Gasteiger partial charge is 0.387 e. The summed E-state index contributed by atoms with van der Waals surface area (Å²) < 4.78 is 59.1. The average molecular weight is 411 g/mol. The molecule has 3 rings (SSSR count). The van der Waals surface area contributed by atoms with Crippen molar-refractivity contribution >= 4 is 10.0 Å². The quantitative estimate of drug-likeness (QED) is 0.682. The molecule has 1 aliphatic rings. The Bertz CT molecular complexity index is 992. The van der Waals surface area contributed by atoms with Crippen LogP contribution in [0.2, 0.25) is 0 Å². The van der Waals surface area contributed by atoms with E-state index in [1.165, 1.54) is 6.07 Å². The minimum absolute atomic E-state index is 0.0303. The molecular formula is C19H19F2NO5S. The highest BCUT2D eigenvalue weighted by Crippen LogP contribution is 2.48. The van der Waals surface area contributed by atoms with Crippen LogP contribution in [-0.2, 0) is 15.8 Å². The lowest BCUT2D eigenvalue weighted by atomic mass is 9.89. The third kappa shape index (κ3) is 4.67. The van der Waals surface area contributed by atoms with Gasteiger partial charge in [-0.25, -0.2) is 13.6 Å². The molecule has 0 bridgehead atoms. The number of alkyl halides is 2. The number of aliphatic hydroxyl groups excluding tert-OH is 1. The predicted molar refractivity (Wildman–Crippen MR) is 99.5 cm³/mol. The van der Waals surface area contributed by atoms with Crippen LogP contribution >= 0.6 is 0 Å². The van der Waals surface area contributed by atoms with Crippen LogP contribution in [0.3, 0.4) is 0 Å². The number of fused-ring (bicyclic) bond motifs is 3. The molecule has 0 radical (unpaired) electrons. The number of halogens is 2. The van der Waals surface area contributed by atoms with Gasteiger partial charge in [0.1, 0.15) is 17.6 Å². The van der Waals surface area contributed by atoms with Gasteiger partial charge < -0.3 is 14.6 Å². The number of aliphatic hydroxyl groups is 1. The second kappa shape index (κ2) is 8.26. The molecule has 0 fully saturated rings. The standard InChI is InChI=1S/C19H19F2NO5S/c20-19(21)27-17-6-3-5-16-18(17)13-8-7-12(11-28(22,24)25)10-14(13)15(26-16)4-1-2-9-23/h1-3,5-8,10,15,19,23H,4,9,11H2,(H2,22,24,25)/b2-1+. The molecule has 1 heterocycles. The van der Waals surface area contributed by atoms with Crippen LogP contribution in [0.1, 0.15) is 23.7 Å². The van der Waals surface area contributed by atoms with Gasteiger partial charge in [0.25, 0.3) is 0 Å². The molecule has 3 N–H and O–H groups in total. The zero-order chi connectivity index (χ0) is 20.3. The molecule has 0 spiro atoms. The van der Waals surface area contributed by atoms with Crippen LogP contribution in [0, 0.1) is 0 Å². The Morgan fingerprint density at radius 1 is 1.25 bits per heavy atom. The van der Waals surface area contributed by atoms with Gasteiger partial charge >= 0.3 is 6.61 Å². The lowest BCUT2D eigenvalue weighted by Crippen LogP contribution is -2.17. The summed E-state index contributed by atoms with van der Waals surface area (Å²) in [6.45, 7) is -3.13. The Kier molecular flexibility index (Phi) is 5.97. The van der Waals surface area contributed by atoms with E-state index in [2.05, 4.69) is 4.74 Å². The van der Waals surface area contributed by atoms with Crippen molar-refractivity contribution in [2.24, 2.45) is 5.14 Å². The summed E-state index contributed by atoms with van der Waals surface area (Å²) in [6, 6.07) is 9.49. The minimum atomic E-state index is -3.74. The summed E-state index contributed by atoms with van der Waals surface area (Å²) in [5.74, 6) is -0.00818. The van der Waals surface area contributed by atoms with E-state index in [0.29, 0.717) is 34.4 Å². The van der Waals surface area contributed by atoms with Gasteiger partial charge in [-0.2, -0.15) is 8.78 Å². The molecule has 2 aromatic carbocycles. The Balaban J connectivity index is 2.11. The molecule has 1 atom stereocenters. The first-order valence-electron chi connectivity index (χ1n) is 8.42. The Morgan fingerprint density at radius 2 is 2.04 bits per heavy atom. The maximum Gasteiger partial charge on any atom is 0.387 e. The molecule has 2 aromatic rings. The van der Waals surface area contributed by atoms with Crippen molar-refractivity contribution in [3.8, 4) is 22.6 Å². The second-order valence-corrected chi connectivity index (χ2v) is 7.85. The maximum atomic E-state index is 12.8. The van der Waals surface area contributed by atoms with Crippen molar-refractivity contribution in [2.75, 3.05) is 6.61 Å². The number of nitrogens with two attached hydrogens (primary N) is 1. The van der Waals surface area contributed by atoms with Crippen molar-refractivity contribution in [3.63, 3.8) is 0 Å². The molecule has 0 saturated heterocycles. The summed E-state index contributed by atoms with van der Waals surface area (Å²) in [7, 11) is -3.74. The number of hydrogen-bond acceptors (Lipinski definition) is 5. The van der Waals surface area contributed by atoms with Crippen molar-refractivity contribution < 1.29 is 31.8 Å². The molecule has 0 aliphatic carbocycles. The summed E-state index contributed by atoms with van der Waals surface area (Å²) in [5.41, 5.74) is 2.07. The zero-order valence-corrected chi connectivity index (χ0v) is 15.5. The topological polar surface area (TPSA) is 98.9 Å². The van der Waals surface area contributed by atoms with Gasteiger partial charge in [-0.15, -0.1) is 0 Å². The summed E-state index contributed by atoms with van der Waals surface area (Å²) >= 11 is 0. The molecule has 28 heavy (non-hydrogen) atoms. The fourth-order valence-electron chi connectivity index (χ4n) is 3.18. The predicted octanol–water partition coefficient (Wildman–Crippen LogP) is 3.12. The SMILES string of the molecule is NS(=O)(=O)Cc1ccc2c(c1)C(C/C=C/CO)Oc1cccc(OC(F)F)c1-2. The molecule has 0 saturated carbocycles. The van der Waals surface area contributed by atoms with Crippen LogP contribution in [0.25, 0.3) is 11.1 Å². The molecule has 6 nitrogen and oxygen atoms in total. The van der Waals surface area contributed by atoms with Crippen LogP contribution in [0.4, 0.5) is 8.78 Å². The van der Waals surface area contributed by atoms with E-state index in [1.54, 1.807) is 42.5 Å². The fourth-order valence-corrected chi connectivity index (χ4v) is 3.83. The van der Waals surface area contributed by atoms with Crippen molar-refractivity contribution in [2.45, 2.75) is 24.9 Å². The molecule has 0 aromatic heterocycles. The molecule has 150 valence electrons. The first-order chi connectivity index (χ1) is 13.3. The molecule has 0 amide bonds. The van der Waals surface area contributed by atoms with E-state index < -0.39 is 22.7 Å². The van der Waals surface area contributed by atoms with E-state index in [0.717, 1.165) is 0 Å². The lowest BCUT2D eigenvalue weighted by Gasteiger charge is -2.30. The van der Waals surface area contributed by atoms with Crippen LogP contribution in [-0.4, -0.2) is 26.7 Å². The van der Waals surface area contributed by atoms with Gasteiger partial charge in [0, 0.05) is 12.0 Å². The van der Waals surface area contributed by atoms with Gasteiger partial charge in [-0.1, -0.05) is 36.4 Å². The molecule has 9 heteroatoms. The molecule has 1 aliphatic heterocycles. The van der Waals surface area contributed by atoms with E-state index in [1.807, 2.05) is 0 Å². The maximum absolute atomic E-state index is 12.8. The van der Waals surface area contributed by atoms with Gasteiger partial charge in [0.05, 0.1) is 17.9 Å². The number of ether oxygens (including phenoxy) is 2. The van der Waals surface area contributed by atoms with E-state index in [-0.39, 0.29) is 18.1 Å². The van der Waals surface area contributed by atoms with E-state index in [9.17, 15) is 17.2 Å². The number of rotatable bonds is 7. The third-order valence-corrected chi connectivity index (χ3v) is 4.93. The Morgan fingerprint density at radius 3 is 2.71 bits per heavy atom. The van der Waals surface area contributed by atoms with Crippen LogP contribution in [0.5, 0.6) is 11.5 Å². The molecule has 1 unspecified atom stereocenters. The van der Waals surface area contributed by atoms with Crippen molar-refractivity contribution in [1.29, 1.82) is 0 Å². The Hall–Kier alpha value is -2.49. The number of sulfonamides is 1. The van der Waals surface area contributed by atoms with Gasteiger partial charge in [-0.05, 0) is 23.3 Å². The lowest BCUT2D eigenvalue weighted by molar-refractivity contribution is -0.0496. The first kappa shape index (κ1) is 20.2. The summed E-state index contributed by atoms with van der Waals surface area (Å²) in [4.78, 5) is 0. The Labute approximate surface area is 161 Å². The fraction of sp³-hybridized carbons (Fsp3) is 0.263. The summed E-state index contributed by atoms with van der Waals surface area (Å²) in [6.07, 6.45) is 3.19. The molecular weight excluding hydrogens is 392 g/mol. The summed E-state index contributed by atoms with van der Waals surface area (Å²) in [5, 5.41) is 14.1. The highest BCUT2D eigenvalue weighted by atomic mass is 32.2. The van der Waals surface area contributed by atoms with Crippen molar-refractivity contribution in [1.82, 2.24) is 0 Å². The normalized spacial score (nSPS) is 16.0. The van der Waals surface area contributed by atoms with Crippen LogP contribution in [0.15, 0.2) is 48.6 Å². The van der Waals surface area contributed by atoms with Gasteiger partial charge in [-0.3, -0.25) is 0 Å². The highest BCUT2D eigenvalue weighted by molar-refractivity contribution is 7.88.